The van der Waals surface area contributed by atoms with Gasteiger partial charge in [0.25, 0.3) is 5.91 Å². The Kier molecular flexibility index (Phi) is 2.29. The van der Waals surface area contributed by atoms with Crippen LogP contribution in [0.4, 0.5) is 5.69 Å². The molecule has 1 fully saturated rings. The van der Waals surface area contributed by atoms with E-state index < -0.39 is 0 Å². The number of anilines is 1. The number of benzene rings is 1. The van der Waals surface area contributed by atoms with E-state index in [1.54, 1.807) is 0 Å². The van der Waals surface area contributed by atoms with Crippen LogP contribution in [0.15, 0.2) is 24.3 Å². The molecule has 0 bridgehead atoms. The van der Waals surface area contributed by atoms with Gasteiger partial charge >= 0.3 is 0 Å². The lowest BCUT2D eigenvalue weighted by Crippen LogP contribution is -2.55. The fourth-order valence-corrected chi connectivity index (χ4v) is 2.42. The summed E-state index contributed by atoms with van der Waals surface area (Å²) in [7, 11) is 0. The van der Waals surface area contributed by atoms with Gasteiger partial charge in [-0.25, -0.2) is 0 Å². The van der Waals surface area contributed by atoms with Gasteiger partial charge < -0.3 is 10.6 Å². The minimum atomic E-state index is 0.0271. The molecule has 0 aromatic heterocycles. The van der Waals surface area contributed by atoms with Crippen LogP contribution in [0.2, 0.25) is 0 Å². The molecule has 2 heterocycles. The highest BCUT2D eigenvalue weighted by atomic mass is 16.1. The van der Waals surface area contributed by atoms with Crippen LogP contribution in [0.5, 0.6) is 0 Å². The summed E-state index contributed by atoms with van der Waals surface area (Å²) in [6.07, 6.45) is 2.30. The summed E-state index contributed by atoms with van der Waals surface area (Å²) in [5.74, 6) is 0.0271. The van der Waals surface area contributed by atoms with Crippen LogP contribution in [0.25, 0.3) is 0 Å². The Balaban J connectivity index is 1.97. The van der Waals surface area contributed by atoms with Gasteiger partial charge in [0.1, 0.15) is 0 Å². The molecular formula is C12H15N3O. The van der Waals surface area contributed by atoms with Crippen molar-refractivity contribution >= 4 is 11.6 Å². The van der Waals surface area contributed by atoms with Crippen molar-refractivity contribution in [1.29, 1.82) is 0 Å². The van der Waals surface area contributed by atoms with Gasteiger partial charge in [0.05, 0.1) is 17.8 Å². The molecular weight excluding hydrogens is 202 g/mol. The Morgan fingerprint density at radius 3 is 3.00 bits per heavy atom. The van der Waals surface area contributed by atoms with Crippen LogP contribution in [-0.4, -0.2) is 24.7 Å². The second kappa shape index (κ2) is 3.79. The maximum atomic E-state index is 12.0. The quantitative estimate of drug-likeness (QED) is 0.605. The first-order valence-corrected chi connectivity index (χ1v) is 5.74. The number of amides is 1. The second-order valence-corrected chi connectivity index (χ2v) is 4.34. The van der Waals surface area contributed by atoms with Gasteiger partial charge in [-0.3, -0.25) is 10.1 Å². The number of fused-ring (bicyclic) bond motifs is 2. The first kappa shape index (κ1) is 9.66. The maximum Gasteiger partial charge on any atom is 0.253 e. The molecule has 1 amide bonds. The van der Waals surface area contributed by atoms with E-state index in [4.69, 9.17) is 0 Å². The summed E-state index contributed by atoms with van der Waals surface area (Å²) in [5, 5.41) is 9.87. The Bertz CT molecular complexity index is 418. The van der Waals surface area contributed by atoms with E-state index in [1.807, 2.05) is 24.3 Å². The van der Waals surface area contributed by atoms with Crippen molar-refractivity contribution in [2.45, 2.75) is 25.0 Å². The molecule has 4 nitrogen and oxygen atoms in total. The second-order valence-electron chi connectivity index (χ2n) is 4.34. The molecule has 1 saturated heterocycles. The monoisotopic (exact) mass is 217 g/mol. The van der Waals surface area contributed by atoms with Gasteiger partial charge in [-0.05, 0) is 31.5 Å². The predicted octanol–water partition coefficient (Wildman–Crippen LogP) is 0.920. The van der Waals surface area contributed by atoms with Crippen molar-refractivity contribution in [2.75, 3.05) is 11.9 Å². The van der Waals surface area contributed by atoms with Crippen molar-refractivity contribution in [3.63, 3.8) is 0 Å². The predicted molar refractivity (Wildman–Crippen MR) is 62.3 cm³/mol. The lowest BCUT2D eigenvalue weighted by Gasteiger charge is -2.32. The smallest absolute Gasteiger partial charge is 0.253 e. The molecule has 1 aromatic carbocycles. The van der Waals surface area contributed by atoms with Gasteiger partial charge in [0.2, 0.25) is 0 Å². The zero-order valence-corrected chi connectivity index (χ0v) is 8.99. The van der Waals surface area contributed by atoms with Gasteiger partial charge in [-0.15, -0.1) is 0 Å². The van der Waals surface area contributed by atoms with Crippen molar-refractivity contribution in [1.82, 2.24) is 10.6 Å². The topological polar surface area (TPSA) is 53.2 Å². The number of para-hydroxylation sites is 1. The fourth-order valence-electron chi connectivity index (χ4n) is 2.42. The normalized spacial score (nSPS) is 28.1. The molecule has 3 rings (SSSR count). The molecule has 3 N–H and O–H groups in total. The maximum absolute atomic E-state index is 12.0. The zero-order chi connectivity index (χ0) is 11.0. The van der Waals surface area contributed by atoms with Crippen LogP contribution in [0, 0.1) is 0 Å². The van der Waals surface area contributed by atoms with Gasteiger partial charge in [-0.2, -0.15) is 0 Å². The molecule has 84 valence electrons. The largest absolute Gasteiger partial charge is 0.367 e. The van der Waals surface area contributed by atoms with Gasteiger partial charge in [0, 0.05) is 5.69 Å². The van der Waals surface area contributed by atoms with E-state index in [1.165, 1.54) is 0 Å². The van der Waals surface area contributed by atoms with E-state index in [0.717, 1.165) is 30.6 Å². The number of hydrogen-bond donors (Lipinski definition) is 3. The average molecular weight is 217 g/mol. The Morgan fingerprint density at radius 1 is 1.19 bits per heavy atom. The number of piperidine rings is 1. The first-order chi connectivity index (χ1) is 7.84. The van der Waals surface area contributed by atoms with Crippen LogP contribution >= 0.6 is 0 Å². The third-order valence-corrected chi connectivity index (χ3v) is 3.26. The highest BCUT2D eigenvalue weighted by Crippen LogP contribution is 2.22. The number of hydrogen-bond acceptors (Lipinski definition) is 3. The zero-order valence-electron chi connectivity index (χ0n) is 8.99. The molecule has 0 spiro atoms. The number of rotatable bonds is 0. The molecule has 16 heavy (non-hydrogen) atoms. The molecule has 0 aliphatic carbocycles. The summed E-state index contributed by atoms with van der Waals surface area (Å²) in [6.45, 7) is 1.01. The van der Waals surface area contributed by atoms with E-state index in [2.05, 4.69) is 16.0 Å². The molecule has 2 aliphatic rings. The molecule has 1 aromatic rings. The molecule has 0 saturated carbocycles. The standard InChI is InChI=1S/C12H15N3O/c16-12-8-4-1-2-5-9(8)14-11-10(15-12)6-3-7-13-11/h1-2,4-5,10-11,13-14H,3,6-7H2,(H,15,16)/t10-,11-/m0/s1. The van der Waals surface area contributed by atoms with Crippen LogP contribution in [0.1, 0.15) is 23.2 Å². The van der Waals surface area contributed by atoms with Crippen molar-refractivity contribution in [3.05, 3.63) is 29.8 Å². The lowest BCUT2D eigenvalue weighted by molar-refractivity contribution is 0.0927. The summed E-state index contributed by atoms with van der Waals surface area (Å²) < 4.78 is 0. The molecule has 4 heteroatoms. The van der Waals surface area contributed by atoms with E-state index in [9.17, 15) is 4.79 Å². The highest BCUT2D eigenvalue weighted by molar-refractivity contribution is 6.00. The highest BCUT2D eigenvalue weighted by Gasteiger charge is 2.30. The van der Waals surface area contributed by atoms with Crippen LogP contribution in [-0.2, 0) is 0 Å². The Morgan fingerprint density at radius 2 is 2.06 bits per heavy atom. The summed E-state index contributed by atoms with van der Waals surface area (Å²) in [6, 6.07) is 7.83. The van der Waals surface area contributed by atoms with E-state index in [0.29, 0.717) is 0 Å². The molecule has 0 unspecified atom stereocenters. The van der Waals surface area contributed by atoms with Crippen molar-refractivity contribution in [3.8, 4) is 0 Å². The van der Waals surface area contributed by atoms with Crippen LogP contribution in [0.3, 0.4) is 0 Å². The Hall–Kier alpha value is -1.55. The molecule has 2 aliphatic heterocycles. The molecule has 2 atom stereocenters. The average Bonchev–Trinajstić information content (AvgIpc) is 2.45. The van der Waals surface area contributed by atoms with Crippen molar-refractivity contribution < 1.29 is 4.79 Å². The first-order valence-electron chi connectivity index (χ1n) is 5.74. The van der Waals surface area contributed by atoms with Crippen molar-refractivity contribution in [2.24, 2.45) is 0 Å². The number of carbonyl (C=O) groups excluding carboxylic acids is 1. The molecule has 0 radical (unpaired) electrons. The Labute approximate surface area is 94.4 Å². The fraction of sp³-hybridized carbons (Fsp3) is 0.417. The van der Waals surface area contributed by atoms with E-state index >= 15 is 0 Å². The third kappa shape index (κ3) is 1.55. The third-order valence-electron chi connectivity index (χ3n) is 3.26. The van der Waals surface area contributed by atoms with Crippen LogP contribution < -0.4 is 16.0 Å². The summed E-state index contributed by atoms with van der Waals surface area (Å²) in [4.78, 5) is 12.0. The summed E-state index contributed by atoms with van der Waals surface area (Å²) in [5.41, 5.74) is 1.65. The number of carbonyl (C=O) groups is 1. The van der Waals surface area contributed by atoms with E-state index in [-0.39, 0.29) is 18.1 Å². The number of nitrogens with one attached hydrogen (secondary N) is 3. The van der Waals surface area contributed by atoms with Gasteiger partial charge in [0.15, 0.2) is 0 Å². The lowest BCUT2D eigenvalue weighted by atomic mass is 10.0. The minimum Gasteiger partial charge on any atom is -0.367 e. The SMILES string of the molecule is O=C1N[C@H]2CCCN[C@H]2Nc2ccccc21. The van der Waals surface area contributed by atoms with Gasteiger partial charge in [-0.1, -0.05) is 12.1 Å². The summed E-state index contributed by atoms with van der Waals surface area (Å²) >= 11 is 0. The minimum absolute atomic E-state index is 0.0271.